The van der Waals surface area contributed by atoms with Crippen molar-refractivity contribution < 1.29 is 4.74 Å². The van der Waals surface area contributed by atoms with E-state index in [9.17, 15) is 0 Å². The minimum absolute atomic E-state index is 0.362. The molecule has 0 amide bonds. The van der Waals surface area contributed by atoms with Crippen molar-refractivity contribution in [2.75, 3.05) is 6.61 Å². The SMILES string of the molecule is CCC1OCCC1Cn1c(=S)[nH]c2cccnc21. The van der Waals surface area contributed by atoms with Crippen molar-refractivity contribution in [3.63, 3.8) is 0 Å². The highest BCUT2D eigenvalue weighted by Crippen LogP contribution is 2.26. The molecule has 1 N–H and O–H groups in total. The molecule has 18 heavy (non-hydrogen) atoms. The van der Waals surface area contributed by atoms with Crippen LogP contribution in [-0.2, 0) is 11.3 Å². The van der Waals surface area contributed by atoms with E-state index < -0.39 is 0 Å². The Morgan fingerprint density at radius 2 is 2.50 bits per heavy atom. The second-order valence-corrected chi connectivity index (χ2v) is 5.17. The minimum Gasteiger partial charge on any atom is -0.378 e. The van der Waals surface area contributed by atoms with E-state index in [-0.39, 0.29) is 0 Å². The molecule has 1 fully saturated rings. The standard InChI is InChI=1S/C13H17N3OS/c1-2-11-9(5-7-17-11)8-16-12-10(15-13(16)18)4-3-6-14-12/h3-4,6,9,11H,2,5,7-8H2,1H3,(H,15,18). The molecular weight excluding hydrogens is 246 g/mol. The van der Waals surface area contributed by atoms with Crippen molar-refractivity contribution in [1.82, 2.24) is 14.5 Å². The van der Waals surface area contributed by atoms with Crippen LogP contribution in [0.15, 0.2) is 18.3 Å². The summed E-state index contributed by atoms with van der Waals surface area (Å²) >= 11 is 5.39. The van der Waals surface area contributed by atoms with Crippen LogP contribution in [0.2, 0.25) is 0 Å². The molecule has 0 aromatic carbocycles. The summed E-state index contributed by atoms with van der Waals surface area (Å²) in [5, 5.41) is 0. The lowest BCUT2D eigenvalue weighted by Crippen LogP contribution is -2.20. The first-order chi connectivity index (χ1) is 8.79. The molecule has 5 heteroatoms. The van der Waals surface area contributed by atoms with E-state index in [2.05, 4.69) is 21.5 Å². The van der Waals surface area contributed by atoms with E-state index in [1.807, 2.05) is 18.3 Å². The van der Waals surface area contributed by atoms with Crippen molar-refractivity contribution in [1.29, 1.82) is 0 Å². The fraction of sp³-hybridized carbons (Fsp3) is 0.538. The second kappa shape index (κ2) is 4.82. The smallest absolute Gasteiger partial charge is 0.179 e. The monoisotopic (exact) mass is 263 g/mol. The number of ether oxygens (including phenoxy) is 1. The Morgan fingerprint density at radius 1 is 1.61 bits per heavy atom. The zero-order valence-corrected chi connectivity index (χ0v) is 11.2. The van der Waals surface area contributed by atoms with E-state index in [1.54, 1.807) is 0 Å². The topological polar surface area (TPSA) is 42.8 Å². The molecule has 0 saturated carbocycles. The number of nitrogens with one attached hydrogen (secondary N) is 1. The third-order valence-electron chi connectivity index (χ3n) is 3.69. The number of hydrogen-bond acceptors (Lipinski definition) is 3. The zero-order valence-electron chi connectivity index (χ0n) is 10.4. The average Bonchev–Trinajstić information content (AvgIpc) is 2.95. The van der Waals surface area contributed by atoms with Crippen LogP contribution in [-0.4, -0.2) is 27.2 Å². The van der Waals surface area contributed by atoms with Crippen LogP contribution >= 0.6 is 12.2 Å². The largest absolute Gasteiger partial charge is 0.378 e. The lowest BCUT2D eigenvalue weighted by Gasteiger charge is -2.17. The van der Waals surface area contributed by atoms with Gasteiger partial charge in [-0.1, -0.05) is 6.92 Å². The molecule has 1 aliphatic heterocycles. The summed E-state index contributed by atoms with van der Waals surface area (Å²) in [7, 11) is 0. The number of nitrogens with zero attached hydrogens (tertiary/aromatic N) is 2. The summed E-state index contributed by atoms with van der Waals surface area (Å²) in [5.41, 5.74) is 1.96. The molecule has 4 nitrogen and oxygen atoms in total. The molecule has 0 aliphatic carbocycles. The fourth-order valence-electron chi connectivity index (χ4n) is 2.75. The highest BCUT2D eigenvalue weighted by molar-refractivity contribution is 7.71. The van der Waals surface area contributed by atoms with Gasteiger partial charge in [-0.2, -0.15) is 0 Å². The molecule has 0 bridgehead atoms. The van der Waals surface area contributed by atoms with Gasteiger partial charge >= 0.3 is 0 Å². The highest BCUT2D eigenvalue weighted by Gasteiger charge is 2.27. The van der Waals surface area contributed by atoms with Crippen LogP contribution in [0.5, 0.6) is 0 Å². The predicted octanol–water partition coefficient (Wildman–Crippen LogP) is 2.91. The molecule has 1 saturated heterocycles. The summed E-state index contributed by atoms with van der Waals surface area (Å²) in [4.78, 5) is 7.63. The molecule has 3 rings (SSSR count). The van der Waals surface area contributed by atoms with Crippen LogP contribution in [0.4, 0.5) is 0 Å². The van der Waals surface area contributed by atoms with Crippen LogP contribution in [0.3, 0.4) is 0 Å². The van der Waals surface area contributed by atoms with Crippen LogP contribution in [0, 0.1) is 10.7 Å². The maximum Gasteiger partial charge on any atom is 0.179 e. The lowest BCUT2D eigenvalue weighted by molar-refractivity contribution is 0.0836. The average molecular weight is 263 g/mol. The summed E-state index contributed by atoms with van der Waals surface area (Å²) in [6.07, 6.45) is 4.35. The normalized spacial score (nSPS) is 23.8. The Hall–Kier alpha value is -1.20. The van der Waals surface area contributed by atoms with Gasteiger partial charge in [-0.3, -0.25) is 0 Å². The first-order valence-electron chi connectivity index (χ1n) is 6.44. The quantitative estimate of drug-likeness (QED) is 0.866. The lowest BCUT2D eigenvalue weighted by atomic mass is 10.00. The Morgan fingerprint density at radius 3 is 3.33 bits per heavy atom. The molecule has 0 radical (unpaired) electrons. The Kier molecular flexibility index (Phi) is 3.18. The second-order valence-electron chi connectivity index (χ2n) is 4.78. The third kappa shape index (κ3) is 1.97. The van der Waals surface area contributed by atoms with Crippen molar-refractivity contribution >= 4 is 23.4 Å². The number of hydrogen-bond donors (Lipinski definition) is 1. The minimum atomic E-state index is 0.362. The van der Waals surface area contributed by atoms with Gasteiger partial charge < -0.3 is 14.3 Å². The van der Waals surface area contributed by atoms with E-state index in [0.29, 0.717) is 12.0 Å². The van der Waals surface area contributed by atoms with Gasteiger partial charge in [-0.15, -0.1) is 0 Å². The summed E-state index contributed by atoms with van der Waals surface area (Å²) in [5.74, 6) is 0.544. The Bertz CT molecular complexity index is 604. The van der Waals surface area contributed by atoms with E-state index in [1.165, 1.54) is 0 Å². The Balaban J connectivity index is 1.95. The van der Waals surface area contributed by atoms with Gasteiger partial charge in [0.1, 0.15) is 0 Å². The van der Waals surface area contributed by atoms with Gasteiger partial charge in [-0.05, 0) is 37.2 Å². The van der Waals surface area contributed by atoms with Gasteiger partial charge in [-0.25, -0.2) is 4.98 Å². The van der Waals surface area contributed by atoms with E-state index in [0.717, 1.165) is 41.9 Å². The van der Waals surface area contributed by atoms with Crippen molar-refractivity contribution in [2.45, 2.75) is 32.4 Å². The van der Waals surface area contributed by atoms with Crippen LogP contribution in [0.25, 0.3) is 11.2 Å². The maximum atomic E-state index is 5.74. The first-order valence-corrected chi connectivity index (χ1v) is 6.85. The van der Waals surface area contributed by atoms with Crippen molar-refractivity contribution in [2.24, 2.45) is 5.92 Å². The van der Waals surface area contributed by atoms with Gasteiger partial charge in [0.2, 0.25) is 0 Å². The molecule has 3 heterocycles. The van der Waals surface area contributed by atoms with E-state index >= 15 is 0 Å². The number of pyridine rings is 1. The Labute approximate surface area is 111 Å². The number of aromatic nitrogens is 3. The summed E-state index contributed by atoms with van der Waals surface area (Å²) < 4.78 is 8.60. The molecule has 96 valence electrons. The summed E-state index contributed by atoms with van der Waals surface area (Å²) in [6, 6.07) is 3.93. The highest BCUT2D eigenvalue weighted by atomic mass is 32.1. The van der Waals surface area contributed by atoms with E-state index in [4.69, 9.17) is 17.0 Å². The third-order valence-corrected chi connectivity index (χ3v) is 4.02. The number of imidazole rings is 1. The zero-order chi connectivity index (χ0) is 12.5. The molecular formula is C13H17N3OS. The maximum absolute atomic E-state index is 5.74. The van der Waals surface area contributed by atoms with Gasteiger partial charge in [0.05, 0.1) is 11.6 Å². The molecule has 2 aromatic rings. The predicted molar refractivity (Wildman–Crippen MR) is 73.1 cm³/mol. The molecule has 2 aromatic heterocycles. The van der Waals surface area contributed by atoms with Crippen LogP contribution in [0.1, 0.15) is 19.8 Å². The number of H-pyrrole nitrogens is 1. The molecule has 0 spiro atoms. The fourth-order valence-corrected chi connectivity index (χ4v) is 3.02. The number of aromatic amines is 1. The molecule has 2 unspecified atom stereocenters. The van der Waals surface area contributed by atoms with Crippen molar-refractivity contribution in [3.8, 4) is 0 Å². The molecule has 1 aliphatic rings. The summed E-state index contributed by atoms with van der Waals surface area (Å²) in [6.45, 7) is 3.94. The first kappa shape index (κ1) is 11.9. The van der Waals surface area contributed by atoms with Crippen LogP contribution < -0.4 is 0 Å². The van der Waals surface area contributed by atoms with Gasteiger partial charge in [0, 0.05) is 25.3 Å². The van der Waals surface area contributed by atoms with Gasteiger partial charge in [0.15, 0.2) is 10.4 Å². The number of rotatable bonds is 3. The van der Waals surface area contributed by atoms with Gasteiger partial charge in [0.25, 0.3) is 0 Å². The molecule has 2 atom stereocenters. The number of fused-ring (bicyclic) bond motifs is 1. The van der Waals surface area contributed by atoms with Crippen molar-refractivity contribution in [3.05, 3.63) is 23.1 Å².